The minimum atomic E-state index is -1.02. The molecule has 3 amide bonds. The molecule has 4 aromatic rings. The predicted octanol–water partition coefficient (Wildman–Crippen LogP) is 9.13. The van der Waals surface area contributed by atoms with Gasteiger partial charge in [0.1, 0.15) is 11.6 Å². The Hall–Kier alpha value is -5.14. The fourth-order valence-electron chi connectivity index (χ4n) is 6.84. The summed E-state index contributed by atoms with van der Waals surface area (Å²) in [5.74, 6) is -0.399. The van der Waals surface area contributed by atoms with Crippen molar-refractivity contribution in [2.24, 2.45) is 10.8 Å². The van der Waals surface area contributed by atoms with E-state index in [2.05, 4.69) is 11.4 Å². The van der Waals surface area contributed by atoms with Crippen LogP contribution in [0, 0.1) is 22.2 Å². The molecule has 3 unspecified atom stereocenters. The first-order valence-electron chi connectivity index (χ1n) is 18.0. The molecule has 2 heterocycles. The van der Waals surface area contributed by atoms with Gasteiger partial charge in [-0.25, -0.2) is 9.78 Å². The maximum Gasteiger partial charge on any atom is 0.408 e. The fourth-order valence-corrected chi connectivity index (χ4v) is 6.97. The van der Waals surface area contributed by atoms with E-state index in [-0.39, 0.29) is 40.3 Å². The van der Waals surface area contributed by atoms with E-state index in [0.717, 1.165) is 23.1 Å². The van der Waals surface area contributed by atoms with E-state index < -0.39 is 12.1 Å². The van der Waals surface area contributed by atoms with Crippen LogP contribution < -0.4 is 5.32 Å². The van der Waals surface area contributed by atoms with Crippen LogP contribution in [0.3, 0.4) is 0 Å². The molecule has 10 nitrogen and oxygen atoms in total. The molecule has 0 saturated carbocycles. The molecule has 1 aliphatic rings. The van der Waals surface area contributed by atoms with Crippen molar-refractivity contribution in [1.82, 2.24) is 19.4 Å². The van der Waals surface area contributed by atoms with Gasteiger partial charge in [0, 0.05) is 29.7 Å². The molecule has 0 bridgehead atoms. The molecule has 1 saturated heterocycles. The summed E-state index contributed by atoms with van der Waals surface area (Å²) in [5.41, 5.74) is 2.86. The van der Waals surface area contributed by atoms with Gasteiger partial charge in [-0.15, -0.1) is 0 Å². The van der Waals surface area contributed by atoms with Gasteiger partial charge in [0.25, 0.3) is 11.8 Å². The number of amides is 3. The third-order valence-electron chi connectivity index (χ3n) is 9.95. The third-order valence-corrected chi connectivity index (χ3v) is 10.2. The lowest BCUT2D eigenvalue weighted by Gasteiger charge is -2.41. The number of rotatable bonds is 10. The van der Waals surface area contributed by atoms with Gasteiger partial charge >= 0.3 is 6.09 Å². The van der Waals surface area contributed by atoms with Gasteiger partial charge in [0.2, 0.25) is 5.95 Å². The lowest BCUT2D eigenvalue weighted by Crippen LogP contribution is -2.47. The first kappa shape index (κ1) is 39.1. The number of carbonyl (C=O) groups is 3. The van der Waals surface area contributed by atoms with Crippen LogP contribution in [0.2, 0.25) is 5.02 Å². The number of nitriles is 1. The Balaban J connectivity index is 1.60. The highest BCUT2D eigenvalue weighted by Crippen LogP contribution is 2.36. The van der Waals surface area contributed by atoms with E-state index in [4.69, 9.17) is 16.6 Å². The molecule has 53 heavy (non-hydrogen) atoms. The standard InChI is InChI=1S/C42H49ClN6O4/c1-27(42(5,6)7)49(40(52)53)36(22-28-12-9-8-10-13-28)30-17-20-35-34(23-30)45-39(46-37(50)29-15-18-32(43)19-16-29)48(35)26-33-14-11-21-47(33)38(51)31(25-44)24-41(2,3)4/h8-10,12-13,15-20,23-24,27,33,36H,11,14,21-22,26H2,1-7H3,(H,52,53)(H,45,46,50). The van der Waals surface area contributed by atoms with E-state index in [1.54, 1.807) is 35.2 Å². The Morgan fingerprint density at radius 2 is 1.74 bits per heavy atom. The van der Waals surface area contributed by atoms with E-state index in [9.17, 15) is 24.8 Å². The van der Waals surface area contributed by atoms with Crippen molar-refractivity contribution in [2.75, 3.05) is 11.9 Å². The lowest BCUT2D eigenvalue weighted by molar-refractivity contribution is -0.127. The molecule has 1 aromatic heterocycles. The minimum absolute atomic E-state index is 0.109. The molecule has 1 fully saturated rings. The highest BCUT2D eigenvalue weighted by molar-refractivity contribution is 6.30. The highest BCUT2D eigenvalue weighted by atomic mass is 35.5. The van der Waals surface area contributed by atoms with Gasteiger partial charge in [-0.3, -0.25) is 19.8 Å². The number of benzene rings is 3. The number of carbonyl (C=O) groups excluding carboxylic acids is 2. The van der Waals surface area contributed by atoms with Crippen LogP contribution in [-0.2, 0) is 17.8 Å². The second-order valence-corrected chi connectivity index (χ2v) is 16.5. The van der Waals surface area contributed by atoms with Crippen LogP contribution in [-0.4, -0.2) is 61.0 Å². The van der Waals surface area contributed by atoms with E-state index in [1.807, 2.05) is 102 Å². The van der Waals surface area contributed by atoms with Gasteiger partial charge in [0.05, 0.1) is 23.1 Å². The summed E-state index contributed by atoms with van der Waals surface area (Å²) in [7, 11) is 0. The topological polar surface area (TPSA) is 132 Å². The first-order chi connectivity index (χ1) is 25.0. The molecule has 0 aliphatic carbocycles. The molecule has 3 atom stereocenters. The number of hydrogen-bond donors (Lipinski definition) is 2. The Morgan fingerprint density at radius 1 is 1.06 bits per heavy atom. The summed E-state index contributed by atoms with van der Waals surface area (Å²) in [6.07, 6.45) is 2.62. The predicted molar refractivity (Wildman–Crippen MR) is 209 cm³/mol. The second-order valence-electron chi connectivity index (χ2n) is 16.0. The number of allylic oxidation sites excluding steroid dienone is 1. The molecule has 11 heteroatoms. The Morgan fingerprint density at radius 3 is 2.34 bits per heavy atom. The van der Waals surface area contributed by atoms with Crippen molar-refractivity contribution in [3.8, 4) is 6.07 Å². The number of hydrogen-bond acceptors (Lipinski definition) is 5. The normalized spacial score (nSPS) is 16.2. The van der Waals surface area contributed by atoms with Crippen molar-refractivity contribution in [1.29, 1.82) is 5.26 Å². The minimum Gasteiger partial charge on any atom is -0.465 e. The molecule has 2 N–H and O–H groups in total. The van der Waals surface area contributed by atoms with Crippen LogP contribution in [0.25, 0.3) is 11.0 Å². The van der Waals surface area contributed by atoms with Crippen molar-refractivity contribution in [2.45, 2.75) is 92.4 Å². The van der Waals surface area contributed by atoms with Crippen molar-refractivity contribution in [3.63, 3.8) is 0 Å². The summed E-state index contributed by atoms with van der Waals surface area (Å²) < 4.78 is 1.90. The number of fused-ring (bicyclic) bond motifs is 1. The molecular formula is C42H49ClN6O4. The molecule has 0 spiro atoms. The molecule has 3 aromatic carbocycles. The zero-order chi connectivity index (χ0) is 38.7. The van der Waals surface area contributed by atoms with Crippen LogP contribution in [0.1, 0.15) is 88.8 Å². The molecule has 0 radical (unpaired) electrons. The second kappa shape index (κ2) is 15.8. The summed E-state index contributed by atoms with van der Waals surface area (Å²) in [4.78, 5) is 48.5. The van der Waals surface area contributed by atoms with E-state index >= 15 is 0 Å². The van der Waals surface area contributed by atoms with E-state index in [0.29, 0.717) is 48.0 Å². The quantitative estimate of drug-likeness (QED) is 0.123. The first-order valence-corrected chi connectivity index (χ1v) is 18.4. The zero-order valence-electron chi connectivity index (χ0n) is 31.6. The summed E-state index contributed by atoms with van der Waals surface area (Å²) >= 11 is 6.09. The average Bonchev–Trinajstić information content (AvgIpc) is 3.70. The van der Waals surface area contributed by atoms with Crippen LogP contribution in [0.4, 0.5) is 10.7 Å². The Kier molecular flexibility index (Phi) is 11.7. The average molecular weight is 737 g/mol. The number of likely N-dealkylation sites (tertiary alicyclic amines) is 1. The number of anilines is 1. The van der Waals surface area contributed by atoms with Gasteiger partial charge in [0.15, 0.2) is 0 Å². The van der Waals surface area contributed by atoms with Crippen molar-refractivity contribution >= 4 is 46.5 Å². The third kappa shape index (κ3) is 9.27. The number of carboxylic acid groups (broad SMARTS) is 1. The maximum absolute atomic E-state index is 13.7. The van der Waals surface area contributed by atoms with Gasteiger partial charge in [-0.1, -0.05) is 95.6 Å². The van der Waals surface area contributed by atoms with Crippen LogP contribution in [0.15, 0.2) is 84.4 Å². The monoisotopic (exact) mass is 736 g/mol. The maximum atomic E-state index is 13.7. The molecular weight excluding hydrogens is 688 g/mol. The van der Waals surface area contributed by atoms with Crippen LogP contribution in [0.5, 0.6) is 0 Å². The molecule has 278 valence electrons. The smallest absolute Gasteiger partial charge is 0.408 e. The largest absolute Gasteiger partial charge is 0.465 e. The highest BCUT2D eigenvalue weighted by Gasteiger charge is 2.37. The van der Waals surface area contributed by atoms with Gasteiger partial charge < -0.3 is 14.6 Å². The van der Waals surface area contributed by atoms with E-state index in [1.165, 1.54) is 4.90 Å². The lowest BCUT2D eigenvalue weighted by atomic mass is 9.84. The Labute approximate surface area is 317 Å². The van der Waals surface area contributed by atoms with Crippen molar-refractivity contribution < 1.29 is 19.5 Å². The van der Waals surface area contributed by atoms with Gasteiger partial charge in [-0.05, 0) is 84.5 Å². The SMILES string of the molecule is CC(N(C(=O)O)C(Cc1ccccc1)c1ccc2c(c1)nc(NC(=O)c1ccc(Cl)cc1)n2CC1CCCN1C(=O)C(C#N)=CC(C)(C)C)C(C)(C)C. The molecule has 1 aliphatic heterocycles. The fraction of sp³-hybridized carbons (Fsp3) is 0.405. The molecule has 5 rings (SSSR count). The van der Waals surface area contributed by atoms with Crippen molar-refractivity contribution in [3.05, 3.63) is 106 Å². The Bertz CT molecular complexity index is 2040. The number of nitrogens with zero attached hydrogens (tertiary/aromatic N) is 5. The summed E-state index contributed by atoms with van der Waals surface area (Å²) in [6, 6.07) is 23.1. The van der Waals surface area contributed by atoms with Crippen LogP contribution >= 0.6 is 11.6 Å². The number of imidazole rings is 1. The number of halogens is 1. The summed E-state index contributed by atoms with van der Waals surface area (Å²) in [5, 5.41) is 24.0. The number of nitrogens with one attached hydrogen (secondary N) is 1. The van der Waals surface area contributed by atoms with Gasteiger partial charge in [-0.2, -0.15) is 5.26 Å². The zero-order valence-corrected chi connectivity index (χ0v) is 32.3. The number of aromatic nitrogens is 2. The summed E-state index contributed by atoms with van der Waals surface area (Å²) in [6.45, 7) is 14.7.